The molecule has 0 amide bonds. The number of hydrogen-bond acceptors (Lipinski definition) is 4. The van der Waals surface area contributed by atoms with E-state index >= 15 is 0 Å². The van der Waals surface area contributed by atoms with Gasteiger partial charge in [-0.25, -0.2) is 0 Å². The van der Waals surface area contributed by atoms with E-state index in [0.29, 0.717) is 19.3 Å². The predicted molar refractivity (Wildman–Crippen MR) is 80.4 cm³/mol. The van der Waals surface area contributed by atoms with Crippen molar-refractivity contribution in [2.24, 2.45) is 0 Å². The Kier molecular flexibility index (Phi) is 5.68. The van der Waals surface area contributed by atoms with Gasteiger partial charge >= 0.3 is 0 Å². The van der Waals surface area contributed by atoms with Crippen molar-refractivity contribution < 1.29 is 14.6 Å². The predicted octanol–water partition coefficient (Wildman–Crippen LogP) is 2.74. The molecule has 4 heteroatoms. The molecule has 20 heavy (non-hydrogen) atoms. The van der Waals surface area contributed by atoms with Gasteiger partial charge in [0.05, 0.1) is 18.4 Å². The second-order valence-electron chi connectivity index (χ2n) is 5.49. The molecule has 2 rings (SSSR count). The molecule has 1 saturated carbocycles. The summed E-state index contributed by atoms with van der Waals surface area (Å²) in [6.07, 6.45) is 3.65. The van der Waals surface area contributed by atoms with Crippen molar-refractivity contribution >= 4 is 5.69 Å². The first kappa shape index (κ1) is 15.1. The van der Waals surface area contributed by atoms with Gasteiger partial charge in [-0.15, -0.1) is 0 Å². The summed E-state index contributed by atoms with van der Waals surface area (Å²) in [6.45, 7) is 3.20. The normalized spacial score (nSPS) is 22.6. The molecule has 4 nitrogen and oxygen atoms in total. The Bertz CT molecular complexity index is 414. The van der Waals surface area contributed by atoms with Gasteiger partial charge in [0.2, 0.25) is 0 Å². The summed E-state index contributed by atoms with van der Waals surface area (Å²) in [7, 11) is 1.67. The summed E-state index contributed by atoms with van der Waals surface area (Å²) in [5.41, 5.74) is 2.22. The maximum atomic E-state index is 9.56. The van der Waals surface area contributed by atoms with Crippen LogP contribution in [0.25, 0.3) is 0 Å². The molecule has 1 aliphatic rings. The van der Waals surface area contributed by atoms with Crippen molar-refractivity contribution in [2.75, 3.05) is 25.6 Å². The summed E-state index contributed by atoms with van der Waals surface area (Å²) < 4.78 is 10.8. The zero-order valence-corrected chi connectivity index (χ0v) is 12.4. The SMILES string of the molecule is COCCOc1cc(C)ccc1NC1CCC(O)CC1. The zero-order chi connectivity index (χ0) is 14.4. The lowest BCUT2D eigenvalue weighted by Gasteiger charge is -2.28. The van der Waals surface area contributed by atoms with Gasteiger partial charge < -0.3 is 19.9 Å². The van der Waals surface area contributed by atoms with Gasteiger partial charge in [0.15, 0.2) is 0 Å². The summed E-state index contributed by atoms with van der Waals surface area (Å²) in [5, 5.41) is 13.1. The van der Waals surface area contributed by atoms with Crippen molar-refractivity contribution in [3.8, 4) is 5.75 Å². The van der Waals surface area contributed by atoms with E-state index in [-0.39, 0.29) is 6.10 Å². The Morgan fingerprint density at radius 2 is 1.95 bits per heavy atom. The highest BCUT2D eigenvalue weighted by Crippen LogP contribution is 2.29. The molecule has 2 N–H and O–H groups in total. The molecule has 0 aliphatic heterocycles. The van der Waals surface area contributed by atoms with Gasteiger partial charge in [0, 0.05) is 13.2 Å². The van der Waals surface area contributed by atoms with Crippen LogP contribution in [0.2, 0.25) is 0 Å². The fourth-order valence-corrected chi connectivity index (χ4v) is 2.54. The number of anilines is 1. The summed E-state index contributed by atoms with van der Waals surface area (Å²) >= 11 is 0. The molecule has 1 aromatic rings. The minimum Gasteiger partial charge on any atom is -0.489 e. The van der Waals surface area contributed by atoms with E-state index in [1.807, 2.05) is 0 Å². The Hall–Kier alpha value is -1.26. The largest absolute Gasteiger partial charge is 0.489 e. The molecule has 0 aromatic heterocycles. The first-order chi connectivity index (χ1) is 9.69. The standard InChI is InChI=1S/C16H25NO3/c1-12-3-8-15(16(11-12)20-10-9-19-2)17-13-4-6-14(18)7-5-13/h3,8,11,13-14,17-18H,4-7,9-10H2,1-2H3. The molecule has 0 heterocycles. The Morgan fingerprint density at radius 3 is 2.65 bits per heavy atom. The molecule has 0 unspecified atom stereocenters. The molecule has 112 valence electrons. The van der Waals surface area contributed by atoms with Crippen LogP contribution >= 0.6 is 0 Å². The van der Waals surface area contributed by atoms with Gasteiger partial charge in [0.25, 0.3) is 0 Å². The number of methoxy groups -OCH3 is 1. The third-order valence-electron chi connectivity index (χ3n) is 3.74. The number of aliphatic hydroxyl groups is 1. The van der Waals surface area contributed by atoms with Crippen LogP contribution in [0, 0.1) is 6.92 Å². The van der Waals surface area contributed by atoms with Crippen LogP contribution in [-0.2, 0) is 4.74 Å². The number of benzene rings is 1. The fourth-order valence-electron chi connectivity index (χ4n) is 2.54. The quantitative estimate of drug-likeness (QED) is 0.786. The van der Waals surface area contributed by atoms with Crippen LogP contribution in [0.3, 0.4) is 0 Å². The third-order valence-corrected chi connectivity index (χ3v) is 3.74. The van der Waals surface area contributed by atoms with Crippen LogP contribution in [0.1, 0.15) is 31.2 Å². The zero-order valence-electron chi connectivity index (χ0n) is 12.4. The number of nitrogens with one attached hydrogen (secondary N) is 1. The molecule has 1 aliphatic carbocycles. The molecule has 1 aromatic carbocycles. The van der Waals surface area contributed by atoms with E-state index in [2.05, 4.69) is 30.4 Å². The van der Waals surface area contributed by atoms with Gasteiger partial charge in [-0.3, -0.25) is 0 Å². The highest BCUT2D eigenvalue weighted by molar-refractivity contribution is 5.58. The monoisotopic (exact) mass is 279 g/mol. The number of hydrogen-bond donors (Lipinski definition) is 2. The first-order valence-electron chi connectivity index (χ1n) is 7.36. The van der Waals surface area contributed by atoms with E-state index in [1.165, 1.54) is 5.56 Å². The minimum absolute atomic E-state index is 0.122. The van der Waals surface area contributed by atoms with Crippen LogP contribution in [0.4, 0.5) is 5.69 Å². The van der Waals surface area contributed by atoms with Crippen LogP contribution in [0.5, 0.6) is 5.75 Å². The average molecular weight is 279 g/mol. The lowest BCUT2D eigenvalue weighted by molar-refractivity contribution is 0.125. The second kappa shape index (κ2) is 7.50. The van der Waals surface area contributed by atoms with Gasteiger partial charge in [-0.1, -0.05) is 6.07 Å². The van der Waals surface area contributed by atoms with Crippen LogP contribution in [-0.4, -0.2) is 37.6 Å². The number of aliphatic hydroxyl groups excluding tert-OH is 1. The number of ether oxygens (including phenoxy) is 2. The molecule has 0 spiro atoms. The summed E-state index contributed by atoms with van der Waals surface area (Å²) in [5.74, 6) is 0.883. The molecular weight excluding hydrogens is 254 g/mol. The lowest BCUT2D eigenvalue weighted by atomic mass is 9.93. The van der Waals surface area contributed by atoms with E-state index in [1.54, 1.807) is 7.11 Å². The number of rotatable bonds is 6. The van der Waals surface area contributed by atoms with E-state index < -0.39 is 0 Å². The first-order valence-corrected chi connectivity index (χ1v) is 7.36. The average Bonchev–Trinajstić information content (AvgIpc) is 2.44. The van der Waals surface area contributed by atoms with Crippen LogP contribution in [0.15, 0.2) is 18.2 Å². The second-order valence-corrected chi connectivity index (χ2v) is 5.49. The summed E-state index contributed by atoms with van der Waals surface area (Å²) in [6, 6.07) is 6.63. The fraction of sp³-hybridized carbons (Fsp3) is 0.625. The molecule has 0 bridgehead atoms. The Morgan fingerprint density at radius 1 is 1.20 bits per heavy atom. The maximum Gasteiger partial charge on any atom is 0.142 e. The van der Waals surface area contributed by atoms with Gasteiger partial charge in [-0.05, 0) is 50.3 Å². The lowest BCUT2D eigenvalue weighted by Crippen LogP contribution is -2.28. The van der Waals surface area contributed by atoms with E-state index in [0.717, 1.165) is 37.1 Å². The van der Waals surface area contributed by atoms with Crippen molar-refractivity contribution in [3.05, 3.63) is 23.8 Å². The number of aryl methyl sites for hydroxylation is 1. The van der Waals surface area contributed by atoms with Crippen molar-refractivity contribution in [3.63, 3.8) is 0 Å². The molecule has 1 fully saturated rings. The third kappa shape index (κ3) is 4.39. The van der Waals surface area contributed by atoms with Gasteiger partial charge in [-0.2, -0.15) is 0 Å². The minimum atomic E-state index is -0.122. The summed E-state index contributed by atoms with van der Waals surface area (Å²) in [4.78, 5) is 0. The molecule has 0 saturated heterocycles. The van der Waals surface area contributed by atoms with Gasteiger partial charge in [0.1, 0.15) is 12.4 Å². The molecule has 0 radical (unpaired) electrons. The Labute approximate surface area is 121 Å². The smallest absolute Gasteiger partial charge is 0.142 e. The van der Waals surface area contributed by atoms with Crippen molar-refractivity contribution in [1.29, 1.82) is 0 Å². The van der Waals surface area contributed by atoms with Crippen molar-refractivity contribution in [2.45, 2.75) is 44.8 Å². The Balaban J connectivity index is 1.98. The van der Waals surface area contributed by atoms with E-state index in [9.17, 15) is 5.11 Å². The topological polar surface area (TPSA) is 50.7 Å². The van der Waals surface area contributed by atoms with Crippen molar-refractivity contribution in [1.82, 2.24) is 0 Å². The molecular formula is C16H25NO3. The molecule has 0 atom stereocenters. The highest BCUT2D eigenvalue weighted by atomic mass is 16.5. The highest BCUT2D eigenvalue weighted by Gasteiger charge is 2.20. The van der Waals surface area contributed by atoms with E-state index in [4.69, 9.17) is 9.47 Å². The maximum absolute atomic E-state index is 9.56. The van der Waals surface area contributed by atoms with Crippen LogP contribution < -0.4 is 10.1 Å².